The molecule has 4 rings (SSSR count). The molecule has 0 bridgehead atoms. The third kappa shape index (κ3) is 1.56. The maximum atomic E-state index is 6.08. The molecule has 2 aromatic carbocycles. The predicted octanol–water partition coefficient (Wildman–Crippen LogP) is 4.13. The van der Waals surface area contributed by atoms with Crippen LogP contribution in [0.5, 0.6) is 0 Å². The van der Waals surface area contributed by atoms with Gasteiger partial charge in [-0.2, -0.15) is 0 Å². The zero-order chi connectivity index (χ0) is 12.8. The number of fused-ring (bicyclic) bond motifs is 3. The molecule has 3 aromatic rings. The van der Waals surface area contributed by atoms with Crippen LogP contribution in [0.15, 0.2) is 59.2 Å². The lowest BCUT2D eigenvalue weighted by Gasteiger charge is -2.12. The number of rotatable bonds is 1. The first-order valence-electron chi connectivity index (χ1n) is 6.61. The lowest BCUT2D eigenvalue weighted by atomic mass is 9.98. The summed E-state index contributed by atoms with van der Waals surface area (Å²) in [6.07, 6.45) is 4.40. The van der Waals surface area contributed by atoms with Gasteiger partial charge in [-0.3, -0.25) is 0 Å². The van der Waals surface area contributed by atoms with Crippen molar-refractivity contribution in [3.8, 4) is 0 Å². The van der Waals surface area contributed by atoms with Crippen molar-refractivity contribution < 1.29 is 4.42 Å². The van der Waals surface area contributed by atoms with Crippen molar-refractivity contribution >= 4 is 21.9 Å². The SMILES string of the molecule is CN1C=CC(c2cccc3c2oc2ccccc23)C1. The molecule has 0 saturated carbocycles. The Bertz CT molecular complexity index is 784. The van der Waals surface area contributed by atoms with E-state index < -0.39 is 0 Å². The summed E-state index contributed by atoms with van der Waals surface area (Å²) in [5.74, 6) is 0.425. The molecule has 1 unspecified atom stereocenters. The topological polar surface area (TPSA) is 16.4 Å². The van der Waals surface area contributed by atoms with Crippen molar-refractivity contribution in [2.75, 3.05) is 13.6 Å². The number of likely N-dealkylation sites (N-methyl/N-ethyl adjacent to an activating group) is 1. The lowest BCUT2D eigenvalue weighted by molar-refractivity contribution is 0.475. The Morgan fingerprint density at radius 3 is 2.74 bits per heavy atom. The van der Waals surface area contributed by atoms with E-state index in [0.717, 1.165) is 17.7 Å². The Kier molecular flexibility index (Phi) is 2.18. The molecule has 2 heterocycles. The van der Waals surface area contributed by atoms with Crippen molar-refractivity contribution in [2.45, 2.75) is 5.92 Å². The molecule has 1 aliphatic rings. The molecule has 0 radical (unpaired) electrons. The van der Waals surface area contributed by atoms with Crippen LogP contribution in [-0.4, -0.2) is 18.5 Å². The van der Waals surface area contributed by atoms with Crippen molar-refractivity contribution in [3.05, 3.63) is 60.3 Å². The second kappa shape index (κ2) is 3.89. The van der Waals surface area contributed by atoms with E-state index in [4.69, 9.17) is 4.42 Å². The average molecular weight is 249 g/mol. The van der Waals surface area contributed by atoms with Gasteiger partial charge in [-0.15, -0.1) is 0 Å². The molecule has 0 spiro atoms. The largest absolute Gasteiger partial charge is 0.456 e. The van der Waals surface area contributed by atoms with Crippen molar-refractivity contribution in [3.63, 3.8) is 0 Å². The summed E-state index contributed by atoms with van der Waals surface area (Å²) in [6.45, 7) is 1.02. The molecule has 2 heteroatoms. The summed E-state index contributed by atoms with van der Waals surface area (Å²) >= 11 is 0. The molecular weight excluding hydrogens is 234 g/mol. The molecular formula is C17H15NO. The quantitative estimate of drug-likeness (QED) is 0.644. The Morgan fingerprint density at radius 1 is 1.05 bits per heavy atom. The minimum Gasteiger partial charge on any atom is -0.456 e. The number of hydrogen-bond donors (Lipinski definition) is 0. The molecule has 2 nitrogen and oxygen atoms in total. The number of benzene rings is 2. The highest BCUT2D eigenvalue weighted by molar-refractivity contribution is 6.05. The van der Waals surface area contributed by atoms with Crippen molar-refractivity contribution in [1.29, 1.82) is 0 Å². The first-order chi connectivity index (χ1) is 9.33. The molecule has 1 aliphatic heterocycles. The number of nitrogens with zero attached hydrogens (tertiary/aromatic N) is 1. The summed E-state index contributed by atoms with van der Waals surface area (Å²) in [7, 11) is 2.11. The minimum absolute atomic E-state index is 0.425. The normalized spacial score (nSPS) is 18.8. The number of para-hydroxylation sites is 2. The van der Waals surface area contributed by atoms with Gasteiger partial charge in [0.25, 0.3) is 0 Å². The number of furan rings is 1. The highest BCUT2D eigenvalue weighted by atomic mass is 16.3. The Balaban J connectivity index is 1.99. The van der Waals surface area contributed by atoms with E-state index in [1.807, 2.05) is 12.1 Å². The fourth-order valence-corrected chi connectivity index (χ4v) is 2.95. The highest BCUT2D eigenvalue weighted by Gasteiger charge is 2.20. The van der Waals surface area contributed by atoms with Crippen LogP contribution in [0.1, 0.15) is 11.5 Å². The van der Waals surface area contributed by atoms with Crippen molar-refractivity contribution in [2.24, 2.45) is 0 Å². The lowest BCUT2D eigenvalue weighted by Crippen LogP contribution is -2.11. The predicted molar refractivity (Wildman–Crippen MR) is 78.2 cm³/mol. The highest BCUT2D eigenvalue weighted by Crippen LogP contribution is 2.35. The van der Waals surface area contributed by atoms with Gasteiger partial charge < -0.3 is 9.32 Å². The standard InChI is InChI=1S/C17H15NO/c1-18-10-9-12(11-18)13-6-4-7-15-14-5-2-3-8-16(14)19-17(13)15/h2-10,12H,11H2,1H3. The first kappa shape index (κ1) is 10.7. The van der Waals surface area contributed by atoms with Gasteiger partial charge in [0, 0.05) is 35.8 Å². The van der Waals surface area contributed by atoms with E-state index in [2.05, 4.69) is 54.6 Å². The Hall–Kier alpha value is -2.22. The van der Waals surface area contributed by atoms with E-state index in [-0.39, 0.29) is 0 Å². The van der Waals surface area contributed by atoms with E-state index in [1.54, 1.807) is 0 Å². The second-order valence-electron chi connectivity index (χ2n) is 5.21. The molecule has 1 atom stereocenters. The third-order valence-corrected chi connectivity index (χ3v) is 3.89. The van der Waals surface area contributed by atoms with Crippen LogP contribution in [0.3, 0.4) is 0 Å². The van der Waals surface area contributed by atoms with Gasteiger partial charge in [-0.1, -0.05) is 42.5 Å². The van der Waals surface area contributed by atoms with E-state index >= 15 is 0 Å². The fraction of sp³-hybridized carbons (Fsp3) is 0.176. The zero-order valence-corrected chi connectivity index (χ0v) is 10.8. The zero-order valence-electron chi connectivity index (χ0n) is 10.8. The first-order valence-corrected chi connectivity index (χ1v) is 6.61. The molecule has 19 heavy (non-hydrogen) atoms. The summed E-state index contributed by atoms with van der Waals surface area (Å²) in [5, 5.41) is 2.42. The fourth-order valence-electron chi connectivity index (χ4n) is 2.95. The maximum absolute atomic E-state index is 6.08. The molecule has 94 valence electrons. The Morgan fingerprint density at radius 2 is 1.89 bits per heavy atom. The third-order valence-electron chi connectivity index (χ3n) is 3.89. The molecule has 0 fully saturated rings. The van der Waals surface area contributed by atoms with Gasteiger partial charge in [-0.25, -0.2) is 0 Å². The summed E-state index contributed by atoms with van der Waals surface area (Å²) in [5.41, 5.74) is 3.29. The van der Waals surface area contributed by atoms with Crippen LogP contribution < -0.4 is 0 Å². The van der Waals surface area contributed by atoms with Gasteiger partial charge in [-0.05, 0) is 12.3 Å². The molecule has 0 saturated heterocycles. The molecule has 0 aliphatic carbocycles. The van der Waals surface area contributed by atoms with Crippen LogP contribution in [-0.2, 0) is 0 Å². The summed E-state index contributed by atoms with van der Waals surface area (Å²) in [4.78, 5) is 2.21. The monoisotopic (exact) mass is 249 g/mol. The van der Waals surface area contributed by atoms with E-state index in [1.165, 1.54) is 16.3 Å². The Labute approximate surface area is 111 Å². The van der Waals surface area contributed by atoms with Gasteiger partial charge in [0.15, 0.2) is 0 Å². The van der Waals surface area contributed by atoms with Gasteiger partial charge >= 0.3 is 0 Å². The van der Waals surface area contributed by atoms with Crippen LogP contribution in [0.2, 0.25) is 0 Å². The van der Waals surface area contributed by atoms with Gasteiger partial charge in [0.1, 0.15) is 11.2 Å². The van der Waals surface area contributed by atoms with Crippen LogP contribution in [0.25, 0.3) is 21.9 Å². The van der Waals surface area contributed by atoms with Crippen LogP contribution in [0, 0.1) is 0 Å². The van der Waals surface area contributed by atoms with Crippen LogP contribution in [0.4, 0.5) is 0 Å². The molecule has 0 N–H and O–H groups in total. The smallest absolute Gasteiger partial charge is 0.139 e. The van der Waals surface area contributed by atoms with Gasteiger partial charge in [0.05, 0.1) is 0 Å². The minimum atomic E-state index is 0.425. The van der Waals surface area contributed by atoms with Crippen molar-refractivity contribution in [1.82, 2.24) is 4.90 Å². The number of hydrogen-bond acceptors (Lipinski definition) is 2. The van der Waals surface area contributed by atoms with E-state index in [9.17, 15) is 0 Å². The average Bonchev–Trinajstić information content (AvgIpc) is 3.02. The van der Waals surface area contributed by atoms with Crippen LogP contribution >= 0.6 is 0 Å². The molecule has 0 amide bonds. The molecule has 1 aromatic heterocycles. The summed E-state index contributed by atoms with van der Waals surface area (Å²) in [6, 6.07) is 14.7. The second-order valence-corrected chi connectivity index (χ2v) is 5.21. The summed E-state index contributed by atoms with van der Waals surface area (Å²) < 4.78 is 6.08. The maximum Gasteiger partial charge on any atom is 0.139 e. The van der Waals surface area contributed by atoms with E-state index in [0.29, 0.717) is 5.92 Å². The van der Waals surface area contributed by atoms with Gasteiger partial charge in [0.2, 0.25) is 0 Å².